The molecule has 3 rings (SSSR count). The molecule has 0 bridgehead atoms. The summed E-state index contributed by atoms with van der Waals surface area (Å²) in [5, 5.41) is 6.88. The van der Waals surface area contributed by atoms with Crippen LogP contribution in [0.4, 0.5) is 4.79 Å². The van der Waals surface area contributed by atoms with E-state index < -0.39 is 17.7 Å². The van der Waals surface area contributed by atoms with Gasteiger partial charge in [-0.05, 0) is 0 Å². The molecule has 2 amide bonds. The van der Waals surface area contributed by atoms with Crippen LogP contribution in [0.1, 0.15) is 31.9 Å². The van der Waals surface area contributed by atoms with Crippen molar-refractivity contribution < 1.29 is 14.3 Å². The monoisotopic (exact) mass is 538 g/mol. The molecule has 3 aromatic rings. The minimum absolute atomic E-state index is 0.0520. The van der Waals surface area contributed by atoms with E-state index >= 15 is 0 Å². The summed E-state index contributed by atoms with van der Waals surface area (Å²) >= 11 is 0.210. The first-order chi connectivity index (χ1) is 16.8. The summed E-state index contributed by atoms with van der Waals surface area (Å²) in [6, 6.07) is 29.4. The third-order valence-electron chi connectivity index (χ3n) is 5.16. The van der Waals surface area contributed by atoms with Gasteiger partial charge in [-0.25, -0.2) is 0 Å². The number of hydrogen-bond donors (Lipinski definition) is 2. The Balaban J connectivity index is 1.74. The van der Waals surface area contributed by atoms with Gasteiger partial charge in [0.15, 0.2) is 0 Å². The van der Waals surface area contributed by atoms with Gasteiger partial charge < -0.3 is 0 Å². The van der Waals surface area contributed by atoms with Gasteiger partial charge in [0.25, 0.3) is 0 Å². The molecule has 2 N–H and O–H groups in total. The van der Waals surface area contributed by atoms with Gasteiger partial charge in [0.2, 0.25) is 0 Å². The predicted octanol–water partition coefficient (Wildman–Crippen LogP) is 4.30. The van der Waals surface area contributed by atoms with Crippen LogP contribution in [-0.2, 0) is 22.4 Å². The van der Waals surface area contributed by atoms with E-state index in [4.69, 9.17) is 4.74 Å². The van der Waals surface area contributed by atoms with Gasteiger partial charge >= 0.3 is 215 Å². The molecule has 3 aromatic carbocycles. The normalized spacial score (nSPS) is 12.9. The Bertz CT molecular complexity index is 1050. The second-order valence-corrected chi connectivity index (χ2v) is 11.7. The summed E-state index contributed by atoms with van der Waals surface area (Å²) in [5.74, 6) is -0.204. The van der Waals surface area contributed by atoms with Crippen molar-refractivity contribution in [2.45, 2.75) is 56.6 Å². The van der Waals surface area contributed by atoms with Gasteiger partial charge in [-0.1, -0.05) is 0 Å². The van der Waals surface area contributed by atoms with E-state index in [0.717, 1.165) is 17.3 Å². The fraction of sp³-hybridized carbons (Fsp3) is 0.310. The number of nitrogens with one attached hydrogen (secondary N) is 2. The van der Waals surface area contributed by atoms with Crippen molar-refractivity contribution in [2.75, 3.05) is 0 Å². The summed E-state index contributed by atoms with van der Waals surface area (Å²) in [6.45, 7) is 5.42. The average molecular weight is 538 g/mol. The molecule has 0 radical (unpaired) electrons. The topological polar surface area (TPSA) is 67.4 Å². The summed E-state index contributed by atoms with van der Waals surface area (Å²) in [5.41, 5.74) is 1.49. The van der Waals surface area contributed by atoms with E-state index in [1.807, 2.05) is 66.7 Å². The number of alkyl carbamates (subject to hydrolysis) is 1. The standard InChI is InChI=1S/C29H34N2O3Se/c1-29(2,3)34-28(33)31-26(20-23-15-9-5-10-16-23)27(32)30-24(19-22-13-7-4-8-14-22)21-35-25-17-11-6-12-18-25/h4-18,24,26H,19-21H2,1-3H3,(H,30,32)(H,31,33)/t24-,26-/m0/s1. The molecule has 35 heavy (non-hydrogen) atoms. The Morgan fingerprint density at radius 3 is 1.83 bits per heavy atom. The molecule has 0 unspecified atom stereocenters. The minimum atomic E-state index is -0.741. The summed E-state index contributed by atoms with van der Waals surface area (Å²) < 4.78 is 6.73. The van der Waals surface area contributed by atoms with Gasteiger partial charge in [-0.15, -0.1) is 0 Å². The van der Waals surface area contributed by atoms with Crippen molar-refractivity contribution in [1.29, 1.82) is 0 Å². The number of hydrogen-bond acceptors (Lipinski definition) is 3. The molecule has 0 aliphatic rings. The van der Waals surface area contributed by atoms with Crippen molar-refractivity contribution in [3.63, 3.8) is 0 Å². The molecule has 0 spiro atoms. The number of ether oxygens (including phenoxy) is 1. The van der Waals surface area contributed by atoms with Crippen LogP contribution in [0, 0.1) is 0 Å². The summed E-state index contributed by atoms with van der Waals surface area (Å²) in [7, 11) is 0. The quantitative estimate of drug-likeness (QED) is 0.379. The van der Waals surface area contributed by atoms with Crippen LogP contribution in [0.15, 0.2) is 91.0 Å². The molecule has 2 atom stereocenters. The maximum absolute atomic E-state index is 13.5. The Kier molecular flexibility index (Phi) is 9.95. The zero-order valence-corrected chi connectivity index (χ0v) is 22.3. The van der Waals surface area contributed by atoms with Gasteiger partial charge in [0.05, 0.1) is 0 Å². The number of rotatable bonds is 10. The van der Waals surface area contributed by atoms with Gasteiger partial charge in [-0.2, -0.15) is 0 Å². The number of carbonyl (C=O) groups excluding carboxylic acids is 2. The van der Waals surface area contributed by atoms with Crippen LogP contribution in [0.5, 0.6) is 0 Å². The number of amides is 2. The average Bonchev–Trinajstić information content (AvgIpc) is 2.83. The van der Waals surface area contributed by atoms with Gasteiger partial charge in [0, 0.05) is 0 Å². The third kappa shape index (κ3) is 9.97. The van der Waals surface area contributed by atoms with Gasteiger partial charge in [-0.3, -0.25) is 0 Å². The molecule has 0 aliphatic carbocycles. The molecule has 6 heteroatoms. The fourth-order valence-electron chi connectivity index (χ4n) is 3.57. The summed E-state index contributed by atoms with van der Waals surface area (Å²) in [6.07, 6.45) is 0.515. The van der Waals surface area contributed by atoms with Crippen LogP contribution in [-0.4, -0.2) is 44.6 Å². The molecule has 0 saturated heterocycles. The number of benzene rings is 3. The molecule has 0 fully saturated rings. The second-order valence-electron chi connectivity index (χ2n) is 9.41. The predicted molar refractivity (Wildman–Crippen MR) is 142 cm³/mol. The Hall–Kier alpha value is -3.08. The molecule has 5 nitrogen and oxygen atoms in total. The first-order valence-electron chi connectivity index (χ1n) is 11.8. The molecular weight excluding hydrogens is 503 g/mol. The van der Waals surface area contributed by atoms with Crippen LogP contribution in [0.3, 0.4) is 0 Å². The van der Waals surface area contributed by atoms with Crippen molar-refractivity contribution >= 4 is 31.4 Å². The molecule has 0 saturated carbocycles. The van der Waals surface area contributed by atoms with Crippen molar-refractivity contribution in [3.8, 4) is 0 Å². The Labute approximate surface area is 214 Å². The van der Waals surface area contributed by atoms with Crippen LogP contribution < -0.4 is 15.1 Å². The Morgan fingerprint density at radius 2 is 1.29 bits per heavy atom. The van der Waals surface area contributed by atoms with E-state index in [1.165, 1.54) is 10.0 Å². The zero-order valence-electron chi connectivity index (χ0n) is 20.6. The van der Waals surface area contributed by atoms with Crippen LogP contribution in [0.2, 0.25) is 5.32 Å². The van der Waals surface area contributed by atoms with Crippen LogP contribution >= 0.6 is 0 Å². The van der Waals surface area contributed by atoms with Crippen LogP contribution in [0.25, 0.3) is 0 Å². The molecule has 184 valence electrons. The molecule has 0 heterocycles. The number of carbonyl (C=O) groups is 2. The van der Waals surface area contributed by atoms with Crippen molar-refractivity contribution in [3.05, 3.63) is 102 Å². The molecule has 0 aliphatic heterocycles. The fourth-order valence-corrected chi connectivity index (χ4v) is 5.56. The van der Waals surface area contributed by atoms with E-state index in [0.29, 0.717) is 6.42 Å². The zero-order chi connectivity index (χ0) is 25.1. The Morgan fingerprint density at radius 1 is 0.771 bits per heavy atom. The van der Waals surface area contributed by atoms with Gasteiger partial charge in [0.1, 0.15) is 0 Å². The van der Waals surface area contributed by atoms with E-state index in [-0.39, 0.29) is 26.9 Å². The maximum atomic E-state index is 13.5. The SMILES string of the molecule is CC(C)(C)OC(=O)N[C@@H](Cc1ccccc1)C(=O)N[C@H](C[Se]c1ccccc1)Cc1ccccc1. The van der Waals surface area contributed by atoms with E-state index in [2.05, 4.69) is 34.9 Å². The first-order valence-corrected chi connectivity index (χ1v) is 13.9. The second kappa shape index (κ2) is 13.1. The third-order valence-corrected chi connectivity index (χ3v) is 7.62. The van der Waals surface area contributed by atoms with E-state index in [9.17, 15) is 9.59 Å². The van der Waals surface area contributed by atoms with Crippen molar-refractivity contribution in [1.82, 2.24) is 10.6 Å². The van der Waals surface area contributed by atoms with Crippen molar-refractivity contribution in [2.24, 2.45) is 0 Å². The van der Waals surface area contributed by atoms with E-state index in [1.54, 1.807) is 20.8 Å². The molecule has 0 aromatic heterocycles. The molecular formula is C29H34N2O3Se. The first kappa shape index (κ1) is 26.5. The summed E-state index contributed by atoms with van der Waals surface area (Å²) in [4.78, 5) is 26.0.